The molecule has 0 aliphatic carbocycles. The average molecular weight is 248 g/mol. The van der Waals surface area contributed by atoms with Crippen LogP contribution in [0, 0.1) is 0 Å². The molecule has 1 rings (SSSR count). The zero-order chi connectivity index (χ0) is 13.8. The van der Waals surface area contributed by atoms with Gasteiger partial charge in [-0.2, -0.15) is 0 Å². The van der Waals surface area contributed by atoms with Crippen molar-refractivity contribution in [2.24, 2.45) is 0 Å². The number of amides is 1. The summed E-state index contributed by atoms with van der Waals surface area (Å²) in [5.74, 6) is 0.0555. The van der Waals surface area contributed by atoms with Crippen LogP contribution in [0.3, 0.4) is 0 Å². The molecule has 1 aromatic carbocycles. The molecule has 0 saturated carbocycles. The van der Waals surface area contributed by atoms with E-state index in [0.29, 0.717) is 6.42 Å². The van der Waals surface area contributed by atoms with Gasteiger partial charge in [0.25, 0.3) is 0 Å². The molecule has 0 unspecified atom stereocenters. The van der Waals surface area contributed by atoms with Gasteiger partial charge < -0.3 is 0 Å². The Hall–Kier alpha value is -1.35. The molecule has 0 aliphatic rings. The van der Waals surface area contributed by atoms with Crippen molar-refractivity contribution < 1.29 is 4.79 Å². The Morgan fingerprint density at radius 3 is 2.17 bits per heavy atom. The van der Waals surface area contributed by atoms with Crippen LogP contribution in [0.2, 0.25) is 0 Å². The van der Waals surface area contributed by atoms with E-state index in [0.717, 1.165) is 6.42 Å². The SMILES string of the molecule is CN(C)NC(=O)CCc1ccc(C(C)(C)C)cc1. The van der Waals surface area contributed by atoms with Gasteiger partial charge in [0.1, 0.15) is 0 Å². The van der Waals surface area contributed by atoms with E-state index in [-0.39, 0.29) is 11.3 Å². The summed E-state index contributed by atoms with van der Waals surface area (Å²) in [6, 6.07) is 8.53. The van der Waals surface area contributed by atoms with Crippen LogP contribution in [0.25, 0.3) is 0 Å². The van der Waals surface area contributed by atoms with Crippen molar-refractivity contribution in [2.45, 2.75) is 39.0 Å². The van der Waals surface area contributed by atoms with E-state index in [9.17, 15) is 4.79 Å². The summed E-state index contributed by atoms with van der Waals surface area (Å²) in [6.45, 7) is 6.60. The van der Waals surface area contributed by atoms with Crippen LogP contribution in [0.15, 0.2) is 24.3 Å². The number of hydrogen-bond acceptors (Lipinski definition) is 2. The summed E-state index contributed by atoms with van der Waals surface area (Å²) >= 11 is 0. The lowest BCUT2D eigenvalue weighted by Crippen LogP contribution is -2.36. The van der Waals surface area contributed by atoms with Crippen molar-refractivity contribution in [3.63, 3.8) is 0 Å². The minimum Gasteiger partial charge on any atom is -0.289 e. The molecule has 0 atom stereocenters. The number of nitrogens with zero attached hydrogens (tertiary/aromatic N) is 1. The summed E-state index contributed by atoms with van der Waals surface area (Å²) in [4.78, 5) is 11.5. The number of carbonyl (C=O) groups excluding carboxylic acids is 1. The maximum Gasteiger partial charge on any atom is 0.234 e. The first-order valence-electron chi connectivity index (χ1n) is 6.35. The van der Waals surface area contributed by atoms with E-state index in [1.807, 2.05) is 14.1 Å². The molecule has 0 saturated heterocycles. The van der Waals surface area contributed by atoms with Crippen LogP contribution in [0.5, 0.6) is 0 Å². The largest absolute Gasteiger partial charge is 0.289 e. The summed E-state index contributed by atoms with van der Waals surface area (Å²) < 4.78 is 0. The van der Waals surface area contributed by atoms with E-state index in [4.69, 9.17) is 0 Å². The highest BCUT2D eigenvalue weighted by atomic mass is 16.2. The third kappa shape index (κ3) is 4.88. The van der Waals surface area contributed by atoms with Crippen LogP contribution >= 0.6 is 0 Å². The first-order valence-corrected chi connectivity index (χ1v) is 6.35. The molecule has 18 heavy (non-hydrogen) atoms. The lowest BCUT2D eigenvalue weighted by molar-refractivity contribution is -0.124. The number of hydrogen-bond donors (Lipinski definition) is 1. The molecule has 1 amide bonds. The van der Waals surface area contributed by atoms with Gasteiger partial charge in [0.05, 0.1) is 0 Å². The molecule has 0 fully saturated rings. The first kappa shape index (κ1) is 14.7. The van der Waals surface area contributed by atoms with E-state index < -0.39 is 0 Å². The van der Waals surface area contributed by atoms with E-state index in [1.165, 1.54) is 11.1 Å². The zero-order valence-electron chi connectivity index (χ0n) is 12.1. The number of nitrogens with one attached hydrogen (secondary N) is 1. The molecular formula is C15H24N2O. The van der Waals surface area contributed by atoms with Gasteiger partial charge >= 0.3 is 0 Å². The number of benzene rings is 1. The lowest BCUT2D eigenvalue weighted by atomic mass is 9.86. The fourth-order valence-electron chi connectivity index (χ4n) is 1.73. The molecule has 3 heteroatoms. The van der Waals surface area contributed by atoms with Crippen molar-refractivity contribution in [3.05, 3.63) is 35.4 Å². The van der Waals surface area contributed by atoms with Gasteiger partial charge in [-0.1, -0.05) is 45.0 Å². The summed E-state index contributed by atoms with van der Waals surface area (Å²) in [6.07, 6.45) is 1.30. The first-order chi connectivity index (χ1) is 8.29. The predicted molar refractivity (Wildman–Crippen MR) is 75.3 cm³/mol. The molecule has 0 heterocycles. The highest BCUT2D eigenvalue weighted by Gasteiger charge is 2.12. The maximum absolute atomic E-state index is 11.5. The predicted octanol–water partition coefficient (Wildman–Crippen LogP) is 2.51. The fraction of sp³-hybridized carbons (Fsp3) is 0.533. The molecular weight excluding hydrogens is 224 g/mol. The molecule has 0 radical (unpaired) electrons. The second-order valence-corrected chi connectivity index (χ2v) is 5.88. The van der Waals surface area contributed by atoms with Gasteiger partial charge in [-0.25, -0.2) is 5.01 Å². The van der Waals surface area contributed by atoms with Crippen molar-refractivity contribution in [1.82, 2.24) is 10.4 Å². The van der Waals surface area contributed by atoms with E-state index in [1.54, 1.807) is 5.01 Å². The quantitative estimate of drug-likeness (QED) is 0.830. The molecule has 3 nitrogen and oxygen atoms in total. The van der Waals surface area contributed by atoms with Gasteiger partial charge in [0.2, 0.25) is 5.91 Å². The van der Waals surface area contributed by atoms with Crippen LogP contribution in [0.1, 0.15) is 38.3 Å². The summed E-state index contributed by atoms with van der Waals surface area (Å²) in [7, 11) is 3.63. The molecule has 100 valence electrons. The van der Waals surface area contributed by atoms with E-state index in [2.05, 4.69) is 50.5 Å². The lowest BCUT2D eigenvalue weighted by Gasteiger charge is -2.19. The Morgan fingerprint density at radius 2 is 1.72 bits per heavy atom. The van der Waals surface area contributed by atoms with Crippen LogP contribution < -0.4 is 5.43 Å². The molecule has 0 bridgehead atoms. The smallest absolute Gasteiger partial charge is 0.234 e. The minimum absolute atomic E-state index is 0.0555. The highest BCUT2D eigenvalue weighted by Crippen LogP contribution is 2.22. The van der Waals surface area contributed by atoms with Crippen LogP contribution in [0.4, 0.5) is 0 Å². The normalized spacial score (nSPS) is 11.7. The topological polar surface area (TPSA) is 32.3 Å². The Kier molecular flexibility index (Phi) is 4.91. The zero-order valence-corrected chi connectivity index (χ0v) is 12.1. The summed E-state index contributed by atoms with van der Waals surface area (Å²) in [5, 5.41) is 1.67. The van der Waals surface area contributed by atoms with Crippen molar-refractivity contribution >= 4 is 5.91 Å². The van der Waals surface area contributed by atoms with Crippen LogP contribution in [-0.2, 0) is 16.6 Å². The Balaban J connectivity index is 2.52. The van der Waals surface area contributed by atoms with Gasteiger partial charge in [0, 0.05) is 20.5 Å². The second-order valence-electron chi connectivity index (χ2n) is 5.88. The standard InChI is InChI=1S/C15H24N2O/c1-15(2,3)13-9-6-12(7-10-13)8-11-14(18)16-17(4)5/h6-7,9-10H,8,11H2,1-5H3,(H,16,18). The maximum atomic E-state index is 11.5. The van der Waals surface area contributed by atoms with Crippen molar-refractivity contribution in [1.29, 1.82) is 0 Å². The third-order valence-electron chi connectivity index (χ3n) is 2.81. The van der Waals surface area contributed by atoms with Gasteiger partial charge in [-0.15, -0.1) is 0 Å². The molecule has 0 aliphatic heterocycles. The average Bonchev–Trinajstić information content (AvgIpc) is 2.25. The monoisotopic (exact) mass is 248 g/mol. The Bertz CT molecular complexity index is 388. The molecule has 1 aromatic rings. The Morgan fingerprint density at radius 1 is 1.17 bits per heavy atom. The highest BCUT2D eigenvalue weighted by molar-refractivity contribution is 5.75. The third-order valence-corrected chi connectivity index (χ3v) is 2.81. The molecule has 0 spiro atoms. The number of carbonyl (C=O) groups is 1. The van der Waals surface area contributed by atoms with E-state index >= 15 is 0 Å². The Labute approximate surface area is 110 Å². The number of aryl methyl sites for hydroxylation is 1. The number of rotatable bonds is 4. The molecule has 1 N–H and O–H groups in total. The van der Waals surface area contributed by atoms with Gasteiger partial charge in [-0.05, 0) is 23.0 Å². The second kappa shape index (κ2) is 6.01. The van der Waals surface area contributed by atoms with Gasteiger partial charge in [0.15, 0.2) is 0 Å². The minimum atomic E-state index is 0.0555. The number of hydrazine groups is 1. The molecule has 0 aromatic heterocycles. The van der Waals surface area contributed by atoms with Crippen molar-refractivity contribution in [2.75, 3.05) is 14.1 Å². The summed E-state index contributed by atoms with van der Waals surface area (Å²) in [5.41, 5.74) is 5.45. The van der Waals surface area contributed by atoms with Crippen molar-refractivity contribution in [3.8, 4) is 0 Å². The van der Waals surface area contributed by atoms with Gasteiger partial charge in [-0.3, -0.25) is 10.2 Å². The fourth-order valence-corrected chi connectivity index (χ4v) is 1.73. The van der Waals surface area contributed by atoms with Crippen LogP contribution in [-0.4, -0.2) is 25.0 Å².